The fraction of sp³-hybridized carbons (Fsp3) is 0.682. The maximum absolute atomic E-state index is 12.2. The number of carbonyl (C=O) groups is 1. The summed E-state index contributed by atoms with van der Waals surface area (Å²) in [4.78, 5) is 12.2. The summed E-state index contributed by atoms with van der Waals surface area (Å²) in [5.74, 6) is 0.302. The van der Waals surface area contributed by atoms with Crippen molar-refractivity contribution in [3.63, 3.8) is 0 Å². The van der Waals surface area contributed by atoms with Gasteiger partial charge in [0.1, 0.15) is 5.78 Å². The third-order valence-electron chi connectivity index (χ3n) is 6.65. The zero-order valence-electron chi connectivity index (χ0n) is 17.6. The highest BCUT2D eigenvalue weighted by Crippen LogP contribution is 2.78. The summed E-state index contributed by atoms with van der Waals surface area (Å²) < 4.78 is 0. The van der Waals surface area contributed by atoms with Crippen molar-refractivity contribution in [2.24, 2.45) is 10.8 Å². The Bertz CT molecular complexity index is 544. The molecular weight excluding hydrogens is 280 g/mol. The van der Waals surface area contributed by atoms with E-state index in [-0.39, 0.29) is 16.2 Å². The monoisotopic (exact) mass is 318 g/mol. The molecule has 0 heterocycles. The molecule has 0 saturated heterocycles. The Morgan fingerprint density at radius 2 is 1.17 bits per heavy atom. The van der Waals surface area contributed by atoms with Gasteiger partial charge < -0.3 is 0 Å². The Morgan fingerprint density at radius 1 is 0.826 bits per heavy atom. The van der Waals surface area contributed by atoms with Crippen LogP contribution < -0.4 is 0 Å². The maximum Gasteiger partial charge on any atom is 0.137 e. The molecule has 0 amide bonds. The van der Waals surface area contributed by atoms with Gasteiger partial charge in [-0.1, -0.05) is 67.5 Å². The summed E-state index contributed by atoms with van der Waals surface area (Å²) in [7, 11) is 0. The van der Waals surface area contributed by atoms with Crippen LogP contribution in [0.15, 0.2) is 12.1 Å². The van der Waals surface area contributed by atoms with Gasteiger partial charge in [-0.2, -0.15) is 0 Å². The van der Waals surface area contributed by atoms with Crippen LogP contribution in [0.3, 0.4) is 0 Å². The van der Waals surface area contributed by atoms with E-state index in [2.05, 4.69) is 60.6 Å². The molecule has 0 aromatic heterocycles. The summed E-state index contributed by atoms with van der Waals surface area (Å²) in [6.45, 7) is 25.0. The molecule has 0 aliphatic heterocycles. The molecule has 2 rings (SSSR count). The van der Waals surface area contributed by atoms with Gasteiger partial charge in [0, 0.05) is 10.8 Å². The number of Topliss-reactive ketones (excluding diaryl/α,β-unsaturated/α-hetero) is 1. The summed E-state index contributed by atoms with van der Waals surface area (Å²) in [5, 5.41) is 0. The highest BCUT2D eigenvalue weighted by molar-refractivity contribution is 5.90. The van der Waals surface area contributed by atoms with E-state index >= 15 is 0 Å². The van der Waals surface area contributed by atoms with Crippen LogP contribution >= 0.6 is 0 Å². The van der Waals surface area contributed by atoms with Crippen molar-refractivity contribution in [3.8, 4) is 0 Å². The first kappa shape index (κ1) is 21.9. The zero-order valence-corrected chi connectivity index (χ0v) is 17.6. The molecule has 1 fully saturated rings. The van der Waals surface area contributed by atoms with Crippen LogP contribution in [0.5, 0.6) is 0 Å². The quantitative estimate of drug-likeness (QED) is 0.603. The molecule has 0 radical (unpaired) electrons. The van der Waals surface area contributed by atoms with Crippen molar-refractivity contribution in [2.45, 2.75) is 88.5 Å². The minimum Gasteiger partial charge on any atom is -0.299 e. The van der Waals surface area contributed by atoms with E-state index in [0.717, 1.165) is 0 Å². The van der Waals surface area contributed by atoms with Gasteiger partial charge in [0.2, 0.25) is 0 Å². The molecule has 1 nitrogen and oxygen atoms in total. The van der Waals surface area contributed by atoms with Crippen molar-refractivity contribution in [1.82, 2.24) is 0 Å². The van der Waals surface area contributed by atoms with Crippen LogP contribution in [-0.2, 0) is 10.2 Å². The first-order chi connectivity index (χ1) is 10.5. The van der Waals surface area contributed by atoms with Gasteiger partial charge in [0.05, 0.1) is 0 Å². The summed E-state index contributed by atoms with van der Waals surface area (Å²) in [5.41, 5.74) is 5.02. The largest absolute Gasteiger partial charge is 0.299 e. The van der Waals surface area contributed by atoms with Gasteiger partial charge in [-0.15, -0.1) is 0 Å². The summed E-state index contributed by atoms with van der Waals surface area (Å²) in [6.07, 6.45) is 0. The molecule has 0 spiro atoms. The topological polar surface area (TPSA) is 17.1 Å². The lowest BCUT2D eigenvalue weighted by molar-refractivity contribution is -0.122. The Kier molecular flexibility index (Phi) is 6.85. The summed E-state index contributed by atoms with van der Waals surface area (Å²) >= 11 is 0. The van der Waals surface area contributed by atoms with Crippen molar-refractivity contribution in [2.75, 3.05) is 0 Å². The van der Waals surface area contributed by atoms with E-state index in [9.17, 15) is 4.79 Å². The molecule has 0 N–H and O–H groups in total. The number of rotatable bonds is 2. The third kappa shape index (κ3) is 2.77. The Labute approximate surface area is 144 Å². The minimum atomic E-state index is -0.256. The predicted molar refractivity (Wildman–Crippen MR) is 103 cm³/mol. The van der Waals surface area contributed by atoms with E-state index in [4.69, 9.17) is 0 Å². The van der Waals surface area contributed by atoms with E-state index in [1.165, 1.54) is 22.3 Å². The second kappa shape index (κ2) is 7.20. The van der Waals surface area contributed by atoms with E-state index in [0.29, 0.717) is 5.78 Å². The SMILES string of the molecule is CC.CC.CC(=O)[C@]1(C)C(C)(C)[C@@]1(C)c1cc(C)c(C)c(C)c1. The Balaban J connectivity index is 0.00000112. The number of hydrogen-bond acceptors (Lipinski definition) is 1. The first-order valence-electron chi connectivity index (χ1n) is 9.11. The molecule has 23 heavy (non-hydrogen) atoms. The number of hydrogen-bond donors (Lipinski definition) is 0. The zero-order chi connectivity index (χ0) is 18.8. The molecule has 1 aliphatic rings. The molecule has 2 atom stereocenters. The molecular formula is C22H38O. The van der Waals surface area contributed by atoms with Gasteiger partial charge in [0.25, 0.3) is 0 Å². The smallest absolute Gasteiger partial charge is 0.137 e. The second-order valence-electron chi connectivity index (χ2n) is 7.17. The molecule has 0 unspecified atom stereocenters. The first-order valence-corrected chi connectivity index (χ1v) is 9.11. The molecule has 0 bridgehead atoms. The predicted octanol–water partition coefficient (Wildman–Crippen LogP) is 6.56. The van der Waals surface area contributed by atoms with E-state index in [1.54, 1.807) is 6.92 Å². The molecule has 1 saturated carbocycles. The van der Waals surface area contributed by atoms with Gasteiger partial charge in [0.15, 0.2) is 0 Å². The van der Waals surface area contributed by atoms with Crippen molar-refractivity contribution in [3.05, 3.63) is 34.4 Å². The number of ketones is 1. The van der Waals surface area contributed by atoms with Crippen LogP contribution in [0.2, 0.25) is 0 Å². The van der Waals surface area contributed by atoms with Crippen molar-refractivity contribution < 1.29 is 4.79 Å². The van der Waals surface area contributed by atoms with Crippen molar-refractivity contribution >= 4 is 5.78 Å². The molecule has 1 aromatic rings. The molecule has 132 valence electrons. The number of benzene rings is 1. The van der Waals surface area contributed by atoms with Gasteiger partial charge >= 0.3 is 0 Å². The second-order valence-corrected chi connectivity index (χ2v) is 7.17. The standard InChI is InChI=1S/C18H26O.2C2H6/c1-11-9-15(10-12(2)13(11)3)18(8)16(5,6)17(18,7)14(4)19;2*1-2/h9-10H,1-8H3;2*1-2H3/t17-,18-;;/m1../s1. The van der Waals surface area contributed by atoms with E-state index in [1.807, 2.05) is 27.7 Å². The van der Waals surface area contributed by atoms with Crippen LogP contribution in [0.25, 0.3) is 0 Å². The normalized spacial score (nSPS) is 27.1. The fourth-order valence-corrected chi connectivity index (χ4v) is 4.11. The highest BCUT2D eigenvalue weighted by Gasteiger charge is 2.79. The lowest BCUT2D eigenvalue weighted by Gasteiger charge is -2.20. The van der Waals surface area contributed by atoms with Crippen molar-refractivity contribution in [1.29, 1.82) is 0 Å². The molecule has 1 heteroatoms. The van der Waals surface area contributed by atoms with Crippen LogP contribution in [0.1, 0.15) is 84.6 Å². The summed E-state index contributed by atoms with van der Waals surface area (Å²) in [6, 6.07) is 4.55. The Hall–Kier alpha value is -1.11. The lowest BCUT2D eigenvalue weighted by atomic mass is 9.84. The Morgan fingerprint density at radius 3 is 1.43 bits per heavy atom. The lowest BCUT2D eigenvalue weighted by Crippen LogP contribution is -2.19. The van der Waals surface area contributed by atoms with Crippen LogP contribution in [0, 0.1) is 31.6 Å². The number of aryl methyl sites for hydroxylation is 2. The fourth-order valence-electron chi connectivity index (χ4n) is 4.11. The molecule has 1 aliphatic carbocycles. The number of carbonyl (C=O) groups excluding carboxylic acids is 1. The van der Waals surface area contributed by atoms with Crippen LogP contribution in [0.4, 0.5) is 0 Å². The van der Waals surface area contributed by atoms with Gasteiger partial charge in [-0.05, 0) is 55.4 Å². The molecule has 1 aromatic carbocycles. The minimum absolute atomic E-state index is 0.0139. The third-order valence-corrected chi connectivity index (χ3v) is 6.65. The van der Waals surface area contributed by atoms with Gasteiger partial charge in [-0.25, -0.2) is 0 Å². The average Bonchev–Trinajstić information content (AvgIpc) is 2.89. The van der Waals surface area contributed by atoms with Gasteiger partial charge in [-0.3, -0.25) is 4.79 Å². The average molecular weight is 319 g/mol. The highest BCUT2D eigenvalue weighted by atomic mass is 16.1. The van der Waals surface area contributed by atoms with E-state index < -0.39 is 0 Å². The maximum atomic E-state index is 12.2. The van der Waals surface area contributed by atoms with Crippen LogP contribution in [-0.4, -0.2) is 5.78 Å².